The Hall–Kier alpha value is -3.97. The Morgan fingerprint density at radius 3 is 2.26 bits per heavy atom. The van der Waals surface area contributed by atoms with Crippen LogP contribution in [0.4, 0.5) is 11.4 Å². The Kier molecular flexibility index (Phi) is 14.0. The van der Waals surface area contributed by atoms with Crippen molar-refractivity contribution < 1.29 is 14.4 Å². The van der Waals surface area contributed by atoms with Crippen LogP contribution in [-0.4, -0.2) is 30.3 Å². The average molecular weight is 642 g/mol. The van der Waals surface area contributed by atoms with E-state index < -0.39 is 0 Å². The molecule has 1 heterocycles. The van der Waals surface area contributed by atoms with E-state index in [1.807, 2.05) is 70.2 Å². The zero-order valence-corrected chi connectivity index (χ0v) is 29.4. The molecule has 4 rings (SSSR count). The maximum Gasteiger partial charge on any atom is 0.261 e. The lowest BCUT2D eigenvalue weighted by molar-refractivity contribution is -0.112. The smallest absolute Gasteiger partial charge is 0.261 e. The molecule has 1 unspecified atom stereocenters. The van der Waals surface area contributed by atoms with Crippen molar-refractivity contribution in [1.82, 2.24) is 5.32 Å². The van der Waals surface area contributed by atoms with E-state index in [0.29, 0.717) is 22.7 Å². The first kappa shape index (κ1) is 36.5. The molecule has 46 heavy (non-hydrogen) atoms. The topological polar surface area (TPSA) is 78.5 Å². The second-order valence-corrected chi connectivity index (χ2v) is 13.1. The third-order valence-corrected chi connectivity index (χ3v) is 9.39. The highest BCUT2D eigenvalue weighted by Gasteiger charge is 2.24. The van der Waals surface area contributed by atoms with Crippen LogP contribution in [0.2, 0.25) is 0 Å². The largest absolute Gasteiger partial charge is 0.349 e. The van der Waals surface area contributed by atoms with Gasteiger partial charge in [0.15, 0.2) is 0 Å². The maximum absolute atomic E-state index is 13.9. The highest BCUT2D eigenvalue weighted by atomic mass is 32.1. The molecule has 2 N–H and O–H groups in total. The number of rotatable bonds is 13. The number of amides is 3. The Morgan fingerprint density at radius 1 is 1.00 bits per heavy atom. The zero-order chi connectivity index (χ0) is 33.8. The summed E-state index contributed by atoms with van der Waals surface area (Å²) in [5.74, 6) is 0.251. The predicted molar refractivity (Wildman–Crippen MR) is 195 cm³/mol. The summed E-state index contributed by atoms with van der Waals surface area (Å²) in [4.78, 5) is 43.2. The first-order valence-corrected chi connectivity index (χ1v) is 17.5. The number of anilines is 2. The van der Waals surface area contributed by atoms with Gasteiger partial charge in [0.2, 0.25) is 0 Å². The van der Waals surface area contributed by atoms with Gasteiger partial charge in [0.1, 0.15) is 0 Å². The van der Waals surface area contributed by atoms with Crippen LogP contribution in [0.3, 0.4) is 0 Å². The maximum atomic E-state index is 13.9. The Morgan fingerprint density at radius 2 is 1.67 bits per heavy atom. The minimum absolute atomic E-state index is 0.0328. The van der Waals surface area contributed by atoms with Crippen molar-refractivity contribution in [2.24, 2.45) is 11.8 Å². The number of nitrogens with zero attached hydrogens (tertiary/aromatic N) is 1. The summed E-state index contributed by atoms with van der Waals surface area (Å²) in [6, 6.07) is 19.0. The van der Waals surface area contributed by atoms with Crippen LogP contribution in [0.5, 0.6) is 0 Å². The molecule has 2 aromatic carbocycles. The fourth-order valence-corrected chi connectivity index (χ4v) is 6.30. The van der Waals surface area contributed by atoms with Gasteiger partial charge >= 0.3 is 0 Å². The molecular formula is C39H51N3O3S. The summed E-state index contributed by atoms with van der Waals surface area (Å²) in [5.41, 5.74) is 4.73. The lowest BCUT2D eigenvalue weighted by Gasteiger charge is -2.26. The van der Waals surface area contributed by atoms with E-state index in [-0.39, 0.29) is 35.6 Å². The van der Waals surface area contributed by atoms with Crippen LogP contribution < -0.4 is 15.5 Å². The second-order valence-electron chi connectivity index (χ2n) is 12.0. The molecule has 1 saturated carbocycles. The molecule has 1 aliphatic carbocycles. The highest BCUT2D eigenvalue weighted by Crippen LogP contribution is 2.36. The van der Waals surface area contributed by atoms with E-state index in [4.69, 9.17) is 0 Å². The Bertz CT molecular complexity index is 1520. The summed E-state index contributed by atoms with van der Waals surface area (Å²) in [5, 5.41) is 6.11. The number of hydrogen-bond acceptors (Lipinski definition) is 4. The monoisotopic (exact) mass is 641 g/mol. The molecular weight excluding hydrogens is 591 g/mol. The standard InChI is InChI=1S/C37H45N3O3S.C2H6/c1-7-22-40(32-15-10-9-14-30(32)33-20-21-34(44-33)36(42)39-28-12-11-13-28)37(43)27-16-18-29(19-17-27)38-35(41)26(6)31(24(3)4)23-25(5)8-2;1-2/h8-10,14-21,24-25,28H,2,7,11-13,22-23H2,1,3-6H3,(H,38,41)(H,39,42);1-2H3/b31-26-;. The predicted octanol–water partition coefficient (Wildman–Crippen LogP) is 9.90. The quantitative estimate of drug-likeness (QED) is 0.144. The summed E-state index contributed by atoms with van der Waals surface area (Å²) in [7, 11) is 0. The number of allylic oxidation sites excluding steroid dienone is 2. The van der Waals surface area contributed by atoms with E-state index >= 15 is 0 Å². The van der Waals surface area contributed by atoms with Gasteiger partial charge in [-0.3, -0.25) is 14.4 Å². The van der Waals surface area contributed by atoms with Crippen LogP contribution >= 0.6 is 11.3 Å². The molecule has 0 saturated heterocycles. The summed E-state index contributed by atoms with van der Waals surface area (Å²) < 4.78 is 0. The van der Waals surface area contributed by atoms with Gasteiger partial charge in [-0.2, -0.15) is 0 Å². The van der Waals surface area contributed by atoms with Crippen molar-refractivity contribution >= 4 is 40.4 Å². The van der Waals surface area contributed by atoms with Crippen molar-refractivity contribution in [2.75, 3.05) is 16.8 Å². The van der Waals surface area contributed by atoms with E-state index in [1.54, 1.807) is 29.2 Å². The number of carbonyl (C=O) groups excluding carboxylic acids is 3. The van der Waals surface area contributed by atoms with Crippen LogP contribution in [0.1, 0.15) is 101 Å². The number of nitrogens with one attached hydrogen (secondary N) is 2. The lowest BCUT2D eigenvalue weighted by atomic mass is 9.89. The fourth-order valence-electron chi connectivity index (χ4n) is 5.36. The molecule has 0 spiro atoms. The minimum atomic E-state index is -0.137. The average Bonchev–Trinajstić information content (AvgIpc) is 3.55. The van der Waals surface area contributed by atoms with Crippen molar-refractivity contribution in [1.29, 1.82) is 0 Å². The van der Waals surface area contributed by atoms with Crippen LogP contribution in [-0.2, 0) is 4.79 Å². The molecule has 1 aromatic heterocycles. The molecule has 1 fully saturated rings. The van der Waals surface area contributed by atoms with Gasteiger partial charge in [0.25, 0.3) is 17.7 Å². The van der Waals surface area contributed by atoms with Crippen molar-refractivity contribution in [3.63, 3.8) is 0 Å². The van der Waals surface area contributed by atoms with Gasteiger partial charge in [0, 0.05) is 39.9 Å². The van der Waals surface area contributed by atoms with E-state index in [2.05, 4.69) is 38.0 Å². The normalized spacial score (nSPS) is 13.8. The molecule has 0 radical (unpaired) electrons. The molecule has 1 aliphatic rings. The van der Waals surface area contributed by atoms with Crippen LogP contribution in [0, 0.1) is 11.8 Å². The molecule has 3 aromatic rings. The first-order valence-electron chi connectivity index (χ1n) is 16.7. The number of thiophene rings is 1. The Balaban J connectivity index is 0.00000282. The lowest BCUT2D eigenvalue weighted by Crippen LogP contribution is -2.39. The van der Waals surface area contributed by atoms with Gasteiger partial charge in [0.05, 0.1) is 10.6 Å². The molecule has 0 aliphatic heterocycles. The van der Waals surface area contributed by atoms with E-state index in [9.17, 15) is 14.4 Å². The highest BCUT2D eigenvalue weighted by molar-refractivity contribution is 7.17. The minimum Gasteiger partial charge on any atom is -0.349 e. The van der Waals surface area contributed by atoms with Gasteiger partial charge < -0.3 is 15.5 Å². The third-order valence-electron chi connectivity index (χ3n) is 8.28. The second kappa shape index (κ2) is 17.7. The van der Waals surface area contributed by atoms with Crippen LogP contribution in [0.25, 0.3) is 10.4 Å². The number of carbonyl (C=O) groups is 3. The van der Waals surface area contributed by atoms with Crippen molar-refractivity contribution in [2.45, 2.75) is 86.6 Å². The summed E-state index contributed by atoms with van der Waals surface area (Å²) >= 11 is 1.45. The van der Waals surface area contributed by atoms with Gasteiger partial charge in [-0.1, -0.05) is 71.4 Å². The molecule has 1 atom stereocenters. The van der Waals surface area contributed by atoms with Crippen LogP contribution in [0.15, 0.2) is 84.5 Å². The fraction of sp³-hybridized carbons (Fsp3) is 0.410. The Labute approximate surface area is 280 Å². The number of para-hydroxylation sites is 1. The van der Waals surface area contributed by atoms with E-state index in [1.165, 1.54) is 17.8 Å². The number of benzene rings is 2. The summed E-state index contributed by atoms with van der Waals surface area (Å²) in [6.45, 7) is 18.7. The van der Waals surface area contributed by atoms with Crippen molar-refractivity contribution in [3.05, 3.63) is 94.9 Å². The molecule has 7 heteroatoms. The molecule has 0 bridgehead atoms. The van der Waals surface area contributed by atoms with Gasteiger partial charge in [-0.25, -0.2) is 0 Å². The number of hydrogen-bond donors (Lipinski definition) is 2. The van der Waals surface area contributed by atoms with Gasteiger partial charge in [-0.15, -0.1) is 17.9 Å². The molecule has 3 amide bonds. The SMILES string of the molecule is C=CC(C)C/C(=C(\C)C(=O)Nc1ccc(C(=O)N(CCC)c2ccccc2-c2ccc(C(=O)NC3CCC3)s2)cc1)C(C)C.CC. The summed E-state index contributed by atoms with van der Waals surface area (Å²) in [6.07, 6.45) is 6.74. The first-order chi connectivity index (χ1) is 22.1. The third kappa shape index (κ3) is 9.29. The van der Waals surface area contributed by atoms with Crippen molar-refractivity contribution in [3.8, 4) is 10.4 Å². The van der Waals surface area contributed by atoms with E-state index in [0.717, 1.165) is 53.0 Å². The molecule has 246 valence electrons. The zero-order valence-electron chi connectivity index (χ0n) is 28.6. The molecule has 6 nitrogen and oxygen atoms in total. The van der Waals surface area contributed by atoms with Gasteiger partial charge in [-0.05, 0) is 93.3 Å².